The maximum Gasteiger partial charge on any atom is 0.433 e. The van der Waals surface area contributed by atoms with Crippen molar-refractivity contribution in [1.29, 1.82) is 0 Å². The molecular formula is C28H26ClF6N5O3. The van der Waals surface area contributed by atoms with Crippen molar-refractivity contribution >= 4 is 22.5 Å². The molecule has 0 radical (unpaired) electrons. The van der Waals surface area contributed by atoms with Crippen LogP contribution in [0, 0.1) is 0 Å². The van der Waals surface area contributed by atoms with Gasteiger partial charge in [-0.3, -0.25) is 9.88 Å². The Labute approximate surface area is 246 Å². The summed E-state index contributed by atoms with van der Waals surface area (Å²) >= 11 is 6.85. The lowest BCUT2D eigenvalue weighted by Crippen LogP contribution is -2.53. The molecule has 1 fully saturated rings. The summed E-state index contributed by atoms with van der Waals surface area (Å²) in [5, 5.41) is 22.7. The molecule has 0 bridgehead atoms. The Morgan fingerprint density at radius 3 is 2.30 bits per heavy atom. The third kappa shape index (κ3) is 5.52. The van der Waals surface area contributed by atoms with E-state index in [2.05, 4.69) is 15.0 Å². The lowest BCUT2D eigenvalue weighted by atomic mass is 9.83. The lowest BCUT2D eigenvalue weighted by Gasteiger charge is -2.39. The first-order valence-electron chi connectivity index (χ1n) is 13.0. The number of halogens is 7. The van der Waals surface area contributed by atoms with Crippen LogP contribution in [0.1, 0.15) is 40.9 Å². The smallest absolute Gasteiger partial charge is 0.433 e. The Morgan fingerprint density at radius 2 is 1.72 bits per heavy atom. The summed E-state index contributed by atoms with van der Waals surface area (Å²) in [5.74, 6) is 0.132. The summed E-state index contributed by atoms with van der Waals surface area (Å²) in [6.07, 6.45) is -6.89. The monoisotopic (exact) mass is 629 g/mol. The topological polar surface area (TPSA) is 96.5 Å². The van der Waals surface area contributed by atoms with Crippen LogP contribution in [-0.2, 0) is 25.4 Å². The molecule has 1 aromatic carbocycles. The van der Waals surface area contributed by atoms with Crippen molar-refractivity contribution < 1.29 is 41.3 Å². The van der Waals surface area contributed by atoms with Crippen molar-refractivity contribution in [1.82, 2.24) is 24.4 Å². The molecular weight excluding hydrogens is 604 g/mol. The lowest BCUT2D eigenvalue weighted by molar-refractivity contribution is -0.272. The molecule has 2 N–H and O–H groups in total. The number of ether oxygens (including phenoxy) is 1. The van der Waals surface area contributed by atoms with Crippen molar-refractivity contribution in [3.05, 3.63) is 82.2 Å². The van der Waals surface area contributed by atoms with Crippen LogP contribution in [0.2, 0.25) is 5.02 Å². The largest absolute Gasteiger partial charge is 0.481 e. The highest BCUT2D eigenvalue weighted by atomic mass is 35.5. The van der Waals surface area contributed by atoms with E-state index < -0.39 is 42.1 Å². The highest BCUT2D eigenvalue weighted by molar-refractivity contribution is 6.36. The van der Waals surface area contributed by atoms with Crippen LogP contribution in [0.15, 0.2) is 49.1 Å². The van der Waals surface area contributed by atoms with Gasteiger partial charge in [-0.1, -0.05) is 17.7 Å². The maximum absolute atomic E-state index is 13.6. The molecule has 0 aliphatic carbocycles. The SMILES string of the molecule is COc1nc2ccc([C@@](O)(c3ccnc(C(F)(F)F)c3)c3cncn3C)cc2c(Cl)c1CN1CCC(O)(C(F)(F)F)CC1. The molecule has 1 aliphatic rings. The third-order valence-corrected chi connectivity index (χ3v) is 8.27. The summed E-state index contributed by atoms with van der Waals surface area (Å²) in [6, 6.07) is 6.54. The summed E-state index contributed by atoms with van der Waals surface area (Å²) in [5.41, 5.74) is -5.22. The van der Waals surface area contributed by atoms with Gasteiger partial charge in [-0.25, -0.2) is 9.97 Å². The van der Waals surface area contributed by atoms with E-state index >= 15 is 0 Å². The van der Waals surface area contributed by atoms with Crippen LogP contribution in [0.4, 0.5) is 26.3 Å². The van der Waals surface area contributed by atoms with Gasteiger partial charge < -0.3 is 19.5 Å². The molecule has 15 heteroatoms. The average molecular weight is 630 g/mol. The Bertz CT molecular complexity index is 1650. The van der Waals surface area contributed by atoms with Gasteiger partial charge in [0, 0.05) is 43.8 Å². The number of methoxy groups -OCH3 is 1. The second kappa shape index (κ2) is 10.9. The van der Waals surface area contributed by atoms with Crippen molar-refractivity contribution in [2.24, 2.45) is 7.05 Å². The van der Waals surface area contributed by atoms with Crippen LogP contribution < -0.4 is 4.74 Å². The summed E-state index contributed by atoms with van der Waals surface area (Å²) < 4.78 is 87.5. The van der Waals surface area contributed by atoms with E-state index in [0.717, 1.165) is 12.3 Å². The number of pyridine rings is 2. The van der Waals surface area contributed by atoms with Gasteiger partial charge in [0.2, 0.25) is 5.88 Å². The Kier molecular flexibility index (Phi) is 7.86. The zero-order valence-corrected chi connectivity index (χ0v) is 23.6. The normalized spacial score (nSPS) is 17.7. The summed E-state index contributed by atoms with van der Waals surface area (Å²) in [7, 11) is 2.94. The predicted molar refractivity (Wildman–Crippen MR) is 143 cm³/mol. The number of likely N-dealkylation sites (tertiary alicyclic amines) is 1. The molecule has 0 spiro atoms. The fourth-order valence-electron chi connectivity index (χ4n) is 5.34. The van der Waals surface area contributed by atoms with Gasteiger partial charge in [-0.15, -0.1) is 0 Å². The van der Waals surface area contributed by atoms with Crippen LogP contribution in [0.5, 0.6) is 5.88 Å². The minimum Gasteiger partial charge on any atom is -0.481 e. The zero-order valence-electron chi connectivity index (χ0n) is 22.8. The van der Waals surface area contributed by atoms with E-state index in [-0.39, 0.29) is 47.4 Å². The maximum atomic E-state index is 13.6. The van der Waals surface area contributed by atoms with Gasteiger partial charge in [-0.05, 0) is 48.2 Å². The van der Waals surface area contributed by atoms with E-state index in [9.17, 15) is 36.6 Å². The number of fused-ring (bicyclic) bond motifs is 1. The number of rotatable bonds is 6. The molecule has 4 aromatic rings. The molecule has 1 atom stereocenters. The minimum atomic E-state index is -4.77. The molecule has 0 saturated carbocycles. The van der Waals surface area contributed by atoms with Gasteiger partial charge in [0.25, 0.3) is 0 Å². The van der Waals surface area contributed by atoms with E-state index in [1.807, 2.05) is 0 Å². The number of piperidine rings is 1. The molecule has 0 amide bonds. The summed E-state index contributed by atoms with van der Waals surface area (Å²) in [6.45, 7) is -0.0941. The highest BCUT2D eigenvalue weighted by Crippen LogP contribution is 2.43. The second-order valence-corrected chi connectivity index (χ2v) is 10.9. The van der Waals surface area contributed by atoms with Crippen LogP contribution in [0.25, 0.3) is 10.9 Å². The molecule has 0 unspecified atom stereocenters. The Hall–Kier alpha value is -3.46. The number of nitrogens with zero attached hydrogens (tertiary/aromatic N) is 5. The predicted octanol–water partition coefficient (Wildman–Crippen LogP) is 5.22. The van der Waals surface area contributed by atoms with Crippen LogP contribution in [0.3, 0.4) is 0 Å². The van der Waals surface area contributed by atoms with Crippen molar-refractivity contribution in [2.75, 3.05) is 20.2 Å². The third-order valence-electron chi connectivity index (χ3n) is 7.84. The number of aromatic nitrogens is 4. The molecule has 3 aromatic heterocycles. The summed E-state index contributed by atoms with van der Waals surface area (Å²) in [4.78, 5) is 13.6. The van der Waals surface area contributed by atoms with E-state index in [1.165, 1.54) is 48.5 Å². The number of benzene rings is 1. The molecule has 1 aliphatic heterocycles. The van der Waals surface area contributed by atoms with E-state index in [1.54, 1.807) is 11.9 Å². The van der Waals surface area contributed by atoms with Gasteiger partial charge in [0.15, 0.2) is 11.2 Å². The van der Waals surface area contributed by atoms with Crippen LogP contribution in [-0.4, -0.2) is 66.6 Å². The Balaban J connectivity index is 1.60. The molecule has 5 rings (SSSR count). The number of hydrogen-bond acceptors (Lipinski definition) is 7. The van der Waals surface area contributed by atoms with E-state index in [0.29, 0.717) is 16.5 Å². The van der Waals surface area contributed by atoms with Gasteiger partial charge >= 0.3 is 12.4 Å². The number of aryl methyl sites for hydroxylation is 1. The Morgan fingerprint density at radius 1 is 1.05 bits per heavy atom. The molecule has 4 heterocycles. The van der Waals surface area contributed by atoms with Gasteiger partial charge in [0.05, 0.1) is 35.9 Å². The molecule has 1 saturated heterocycles. The minimum absolute atomic E-state index is 0.0500. The molecule has 230 valence electrons. The number of imidazole rings is 1. The first kappa shape index (κ1) is 31.0. The fourth-order valence-corrected chi connectivity index (χ4v) is 5.63. The fraction of sp³-hybridized carbons (Fsp3) is 0.393. The quantitative estimate of drug-likeness (QED) is 0.283. The zero-order chi connectivity index (χ0) is 31.4. The number of aliphatic hydroxyl groups is 2. The molecule has 43 heavy (non-hydrogen) atoms. The molecule has 8 nitrogen and oxygen atoms in total. The average Bonchev–Trinajstić information content (AvgIpc) is 3.40. The standard InChI is InChI=1S/C28H26ClF6N5O3/c1-39-15-36-13-22(39)26(42,17-5-8-37-21(12-17)27(30,31)32)16-3-4-20-18(11-16)23(29)19(24(38-20)43-2)14-40-9-6-25(41,7-10-40)28(33,34)35/h3-5,8,11-13,15,41-42H,6-7,9-10,14H2,1-2H3/t26-/m1/s1. The number of hydrogen-bond donors (Lipinski definition) is 2. The van der Waals surface area contributed by atoms with Gasteiger partial charge in [0.1, 0.15) is 5.69 Å². The van der Waals surface area contributed by atoms with Crippen molar-refractivity contribution in [2.45, 2.75) is 42.9 Å². The van der Waals surface area contributed by atoms with E-state index in [4.69, 9.17) is 16.3 Å². The van der Waals surface area contributed by atoms with Crippen LogP contribution >= 0.6 is 11.6 Å². The number of alkyl halides is 6. The first-order chi connectivity index (χ1) is 20.1. The second-order valence-electron chi connectivity index (χ2n) is 10.5. The van der Waals surface area contributed by atoms with Gasteiger partial charge in [-0.2, -0.15) is 26.3 Å². The highest BCUT2D eigenvalue weighted by Gasteiger charge is 2.54. The van der Waals surface area contributed by atoms with Crippen molar-refractivity contribution in [3.8, 4) is 5.88 Å². The first-order valence-corrected chi connectivity index (χ1v) is 13.4. The van der Waals surface area contributed by atoms with Crippen molar-refractivity contribution in [3.63, 3.8) is 0 Å².